The molecule has 2 N–H and O–H groups in total. The molecule has 0 unspecified atom stereocenters. The molecule has 0 saturated heterocycles. The molecule has 18 heavy (non-hydrogen) atoms. The Balaban J connectivity index is 2.19. The molecule has 0 bridgehead atoms. The Morgan fingerprint density at radius 3 is 2.78 bits per heavy atom. The molecule has 4 nitrogen and oxygen atoms in total. The summed E-state index contributed by atoms with van der Waals surface area (Å²) in [6, 6.07) is 7.94. The van der Waals surface area contributed by atoms with Crippen LogP contribution in [0.25, 0.3) is 0 Å². The number of hydrogen-bond donors (Lipinski definition) is 2. The number of nitrogens with zero attached hydrogens (tertiary/aromatic N) is 1. The minimum Gasteiger partial charge on any atom is -0.508 e. The number of carbonyl (C=O) groups excluding carboxylic acids is 1. The van der Waals surface area contributed by atoms with Gasteiger partial charge in [0.25, 0.3) is 5.91 Å². The molecule has 2 rings (SSSR count). The van der Waals surface area contributed by atoms with E-state index in [4.69, 9.17) is 11.6 Å². The van der Waals surface area contributed by atoms with Crippen LogP contribution in [0.1, 0.15) is 15.9 Å². The van der Waals surface area contributed by atoms with Gasteiger partial charge in [0.15, 0.2) is 0 Å². The molecular formula is C13H11ClN2O2. The highest BCUT2D eigenvalue weighted by Gasteiger charge is 2.08. The Morgan fingerprint density at radius 1 is 1.33 bits per heavy atom. The molecule has 0 atom stereocenters. The van der Waals surface area contributed by atoms with Crippen molar-refractivity contribution in [3.63, 3.8) is 0 Å². The molecule has 2 aromatic rings. The van der Waals surface area contributed by atoms with Crippen LogP contribution >= 0.6 is 11.6 Å². The van der Waals surface area contributed by atoms with E-state index in [9.17, 15) is 9.90 Å². The molecule has 0 aliphatic heterocycles. The maximum absolute atomic E-state index is 11.9. The van der Waals surface area contributed by atoms with Crippen LogP contribution in [-0.4, -0.2) is 16.0 Å². The summed E-state index contributed by atoms with van der Waals surface area (Å²) < 4.78 is 0. The number of benzene rings is 1. The summed E-state index contributed by atoms with van der Waals surface area (Å²) in [6.07, 6.45) is 1.50. The second kappa shape index (κ2) is 5.06. The van der Waals surface area contributed by atoms with Gasteiger partial charge in [-0.1, -0.05) is 17.7 Å². The molecule has 1 aromatic heterocycles. The number of aromatic nitrogens is 1. The van der Waals surface area contributed by atoms with Crippen LogP contribution in [-0.2, 0) is 0 Å². The number of hydrogen-bond acceptors (Lipinski definition) is 3. The number of rotatable bonds is 2. The third kappa shape index (κ3) is 2.78. The Morgan fingerprint density at radius 2 is 2.11 bits per heavy atom. The molecule has 0 fully saturated rings. The van der Waals surface area contributed by atoms with Crippen molar-refractivity contribution in [2.75, 3.05) is 5.32 Å². The molecule has 0 radical (unpaired) electrons. The molecule has 1 amide bonds. The SMILES string of the molecule is Cc1ccc(C(=O)Nc2ccnc(Cl)c2)cc1O. The summed E-state index contributed by atoms with van der Waals surface area (Å²) in [7, 11) is 0. The van der Waals surface area contributed by atoms with E-state index in [1.54, 1.807) is 31.2 Å². The first-order chi connectivity index (χ1) is 8.56. The van der Waals surface area contributed by atoms with Crippen LogP contribution in [0.3, 0.4) is 0 Å². The maximum atomic E-state index is 11.9. The number of halogens is 1. The van der Waals surface area contributed by atoms with Crippen molar-refractivity contribution in [1.29, 1.82) is 0 Å². The van der Waals surface area contributed by atoms with Gasteiger partial charge in [0, 0.05) is 17.4 Å². The molecule has 0 aliphatic rings. The van der Waals surface area contributed by atoms with Crippen LogP contribution in [0.4, 0.5) is 5.69 Å². The van der Waals surface area contributed by atoms with E-state index in [-0.39, 0.29) is 11.7 Å². The van der Waals surface area contributed by atoms with Crippen molar-refractivity contribution in [3.05, 3.63) is 52.8 Å². The van der Waals surface area contributed by atoms with Crippen molar-refractivity contribution in [1.82, 2.24) is 4.98 Å². The fraction of sp³-hybridized carbons (Fsp3) is 0.0769. The van der Waals surface area contributed by atoms with Crippen LogP contribution in [0.15, 0.2) is 36.5 Å². The quantitative estimate of drug-likeness (QED) is 0.818. The summed E-state index contributed by atoms with van der Waals surface area (Å²) in [4.78, 5) is 15.7. The van der Waals surface area contributed by atoms with Crippen LogP contribution in [0.2, 0.25) is 5.15 Å². The number of anilines is 1. The molecule has 5 heteroatoms. The lowest BCUT2D eigenvalue weighted by Gasteiger charge is -2.06. The lowest BCUT2D eigenvalue weighted by molar-refractivity contribution is 0.102. The second-order valence-electron chi connectivity index (χ2n) is 3.82. The lowest BCUT2D eigenvalue weighted by Crippen LogP contribution is -2.11. The highest BCUT2D eigenvalue weighted by Crippen LogP contribution is 2.19. The number of aromatic hydroxyl groups is 1. The summed E-state index contributed by atoms with van der Waals surface area (Å²) in [5.74, 6) is -0.219. The van der Waals surface area contributed by atoms with Crippen molar-refractivity contribution in [2.24, 2.45) is 0 Å². The Kier molecular flexibility index (Phi) is 3.48. The normalized spacial score (nSPS) is 10.1. The van der Waals surface area contributed by atoms with Crippen LogP contribution in [0.5, 0.6) is 5.75 Å². The zero-order valence-corrected chi connectivity index (χ0v) is 10.4. The number of phenols is 1. The van der Waals surface area contributed by atoms with Gasteiger partial charge in [-0.3, -0.25) is 4.79 Å². The zero-order valence-electron chi connectivity index (χ0n) is 9.64. The molecule has 1 aromatic carbocycles. The molecule has 0 spiro atoms. The minimum atomic E-state index is -0.312. The molecule has 0 aliphatic carbocycles. The minimum absolute atomic E-state index is 0.0930. The van der Waals surface area contributed by atoms with Gasteiger partial charge in [-0.2, -0.15) is 0 Å². The predicted molar refractivity (Wildman–Crippen MR) is 70.0 cm³/mol. The third-order valence-electron chi connectivity index (χ3n) is 2.46. The van der Waals surface area contributed by atoms with E-state index in [1.165, 1.54) is 12.3 Å². The summed E-state index contributed by atoms with van der Waals surface area (Å²) in [5.41, 5.74) is 1.66. The lowest BCUT2D eigenvalue weighted by atomic mass is 10.1. The van der Waals surface area contributed by atoms with Gasteiger partial charge in [-0.05, 0) is 36.8 Å². The Hall–Kier alpha value is -2.07. The van der Waals surface area contributed by atoms with Crippen molar-refractivity contribution in [2.45, 2.75) is 6.92 Å². The van der Waals surface area contributed by atoms with Gasteiger partial charge < -0.3 is 10.4 Å². The third-order valence-corrected chi connectivity index (χ3v) is 2.66. The Labute approximate surface area is 109 Å². The monoisotopic (exact) mass is 262 g/mol. The van der Waals surface area contributed by atoms with Gasteiger partial charge >= 0.3 is 0 Å². The smallest absolute Gasteiger partial charge is 0.255 e. The number of nitrogens with one attached hydrogen (secondary N) is 1. The molecule has 1 heterocycles. The van der Waals surface area contributed by atoms with Crippen LogP contribution in [0, 0.1) is 6.92 Å². The molecule has 0 saturated carbocycles. The van der Waals surface area contributed by atoms with E-state index in [0.717, 1.165) is 5.56 Å². The van der Waals surface area contributed by atoms with Gasteiger partial charge in [-0.25, -0.2) is 4.98 Å². The summed E-state index contributed by atoms with van der Waals surface area (Å²) >= 11 is 5.72. The first-order valence-electron chi connectivity index (χ1n) is 5.29. The van der Waals surface area contributed by atoms with Crippen LogP contribution < -0.4 is 5.32 Å². The van der Waals surface area contributed by atoms with Gasteiger partial charge in [-0.15, -0.1) is 0 Å². The standard InChI is InChI=1S/C13H11ClN2O2/c1-8-2-3-9(6-11(8)17)13(18)16-10-4-5-15-12(14)7-10/h2-7,17H,1H3,(H,15,16,18). The molecule has 92 valence electrons. The van der Waals surface area contributed by atoms with Gasteiger partial charge in [0.05, 0.1) is 0 Å². The van der Waals surface area contributed by atoms with Crippen molar-refractivity contribution < 1.29 is 9.90 Å². The highest BCUT2D eigenvalue weighted by molar-refractivity contribution is 6.29. The van der Waals surface area contributed by atoms with Gasteiger partial charge in [0.2, 0.25) is 0 Å². The number of amides is 1. The van der Waals surface area contributed by atoms with E-state index < -0.39 is 0 Å². The number of pyridine rings is 1. The van der Waals surface area contributed by atoms with E-state index in [1.807, 2.05) is 0 Å². The van der Waals surface area contributed by atoms with Crippen molar-refractivity contribution in [3.8, 4) is 5.75 Å². The fourth-order valence-electron chi connectivity index (χ4n) is 1.43. The predicted octanol–water partition coefficient (Wildman–Crippen LogP) is 3.00. The highest BCUT2D eigenvalue weighted by atomic mass is 35.5. The maximum Gasteiger partial charge on any atom is 0.255 e. The zero-order chi connectivity index (χ0) is 13.1. The number of carbonyl (C=O) groups is 1. The number of aryl methyl sites for hydroxylation is 1. The fourth-order valence-corrected chi connectivity index (χ4v) is 1.61. The molecular weight excluding hydrogens is 252 g/mol. The summed E-state index contributed by atoms with van der Waals surface area (Å²) in [5, 5.41) is 12.5. The van der Waals surface area contributed by atoms with E-state index in [2.05, 4.69) is 10.3 Å². The van der Waals surface area contributed by atoms with E-state index in [0.29, 0.717) is 16.4 Å². The first-order valence-corrected chi connectivity index (χ1v) is 5.66. The second-order valence-corrected chi connectivity index (χ2v) is 4.21. The largest absolute Gasteiger partial charge is 0.508 e. The summed E-state index contributed by atoms with van der Waals surface area (Å²) in [6.45, 7) is 1.76. The van der Waals surface area contributed by atoms with E-state index >= 15 is 0 Å². The Bertz CT molecular complexity index is 599. The average molecular weight is 263 g/mol. The topological polar surface area (TPSA) is 62.2 Å². The van der Waals surface area contributed by atoms with Crippen molar-refractivity contribution >= 4 is 23.2 Å². The first kappa shape index (κ1) is 12.4. The van der Waals surface area contributed by atoms with Gasteiger partial charge in [0.1, 0.15) is 10.9 Å². The average Bonchev–Trinajstić information content (AvgIpc) is 2.32. The number of phenolic OH excluding ortho intramolecular Hbond substituents is 1.